The molecular weight excluding hydrogens is 268 g/mol. The smallest absolute Gasteiger partial charge is 0.411 e. The minimum Gasteiger partial charge on any atom is -0.495 e. The number of benzene rings is 2. The van der Waals surface area contributed by atoms with Crippen molar-refractivity contribution in [3.05, 3.63) is 48.0 Å². The zero-order valence-electron chi connectivity index (χ0n) is 12.3. The third kappa shape index (κ3) is 3.89. The van der Waals surface area contributed by atoms with Gasteiger partial charge in [-0.05, 0) is 48.9 Å². The van der Waals surface area contributed by atoms with Crippen molar-refractivity contribution >= 4 is 23.2 Å². The molecule has 2 aromatic carbocycles. The Bertz CT molecular complexity index is 624. The Labute approximate surface area is 123 Å². The number of hydrogen-bond acceptors (Lipinski definition) is 4. The molecule has 0 spiro atoms. The highest BCUT2D eigenvalue weighted by Gasteiger charge is 2.04. The Kier molecular flexibility index (Phi) is 4.66. The van der Waals surface area contributed by atoms with Crippen LogP contribution in [0, 0.1) is 6.92 Å². The number of hydrogen-bond donors (Lipinski definition) is 2. The zero-order chi connectivity index (χ0) is 15.2. The van der Waals surface area contributed by atoms with Crippen molar-refractivity contribution in [3.8, 4) is 5.75 Å². The van der Waals surface area contributed by atoms with Crippen LogP contribution in [0.5, 0.6) is 5.75 Å². The van der Waals surface area contributed by atoms with E-state index in [0.29, 0.717) is 5.69 Å². The maximum absolute atomic E-state index is 11.1. The molecular formula is C16H18N2O3. The predicted molar refractivity (Wildman–Crippen MR) is 83.5 cm³/mol. The van der Waals surface area contributed by atoms with Crippen LogP contribution in [0.2, 0.25) is 0 Å². The van der Waals surface area contributed by atoms with E-state index < -0.39 is 6.09 Å². The minimum atomic E-state index is -0.490. The second kappa shape index (κ2) is 6.65. The van der Waals surface area contributed by atoms with Crippen LogP contribution in [0.25, 0.3) is 0 Å². The van der Waals surface area contributed by atoms with Crippen molar-refractivity contribution in [2.45, 2.75) is 6.92 Å². The molecule has 5 nitrogen and oxygen atoms in total. The van der Waals surface area contributed by atoms with E-state index in [-0.39, 0.29) is 0 Å². The Morgan fingerprint density at radius 2 is 1.67 bits per heavy atom. The second-order valence-electron chi connectivity index (χ2n) is 4.52. The zero-order valence-corrected chi connectivity index (χ0v) is 12.3. The number of rotatable bonds is 4. The van der Waals surface area contributed by atoms with E-state index in [1.54, 1.807) is 19.2 Å². The van der Waals surface area contributed by atoms with E-state index in [4.69, 9.17) is 4.74 Å². The minimum absolute atomic E-state index is 0.490. The van der Waals surface area contributed by atoms with Crippen molar-refractivity contribution < 1.29 is 14.3 Å². The van der Waals surface area contributed by atoms with Gasteiger partial charge in [0.05, 0.1) is 19.9 Å². The number of anilines is 3. The van der Waals surface area contributed by atoms with Crippen LogP contribution < -0.4 is 15.4 Å². The molecule has 0 aliphatic carbocycles. The molecule has 0 saturated heterocycles. The normalized spacial score (nSPS) is 9.86. The topological polar surface area (TPSA) is 59.6 Å². The van der Waals surface area contributed by atoms with E-state index >= 15 is 0 Å². The first kappa shape index (κ1) is 14.7. The van der Waals surface area contributed by atoms with Gasteiger partial charge in [-0.25, -0.2) is 4.79 Å². The fourth-order valence-electron chi connectivity index (χ4n) is 1.88. The summed E-state index contributed by atoms with van der Waals surface area (Å²) in [5, 5.41) is 5.89. The maximum atomic E-state index is 11.1. The summed E-state index contributed by atoms with van der Waals surface area (Å²) in [6.45, 7) is 2.02. The van der Waals surface area contributed by atoms with Gasteiger partial charge in [0.2, 0.25) is 0 Å². The lowest BCUT2D eigenvalue weighted by Crippen LogP contribution is -2.10. The Morgan fingerprint density at radius 1 is 1.00 bits per heavy atom. The first-order chi connectivity index (χ1) is 10.1. The molecule has 0 heterocycles. The summed E-state index contributed by atoms with van der Waals surface area (Å²) in [4.78, 5) is 11.1. The monoisotopic (exact) mass is 286 g/mol. The van der Waals surface area contributed by atoms with Gasteiger partial charge in [0.25, 0.3) is 0 Å². The van der Waals surface area contributed by atoms with Crippen LogP contribution in [0.1, 0.15) is 5.56 Å². The summed E-state index contributed by atoms with van der Waals surface area (Å²) in [5.41, 5.74) is 3.60. The third-order valence-corrected chi connectivity index (χ3v) is 2.95. The lowest BCUT2D eigenvalue weighted by Gasteiger charge is -2.12. The molecule has 2 aromatic rings. The Hall–Kier alpha value is -2.69. The number of carbonyl (C=O) groups is 1. The summed E-state index contributed by atoms with van der Waals surface area (Å²) in [7, 11) is 2.97. The third-order valence-electron chi connectivity index (χ3n) is 2.95. The molecule has 0 fully saturated rings. The summed E-state index contributed by atoms with van der Waals surface area (Å²) in [6, 6.07) is 13.3. The summed E-state index contributed by atoms with van der Waals surface area (Å²) < 4.78 is 9.87. The van der Waals surface area contributed by atoms with Gasteiger partial charge in [0, 0.05) is 11.4 Å². The molecule has 5 heteroatoms. The molecule has 110 valence electrons. The Morgan fingerprint density at radius 3 is 2.29 bits per heavy atom. The van der Waals surface area contributed by atoms with Gasteiger partial charge in [-0.15, -0.1) is 0 Å². The molecule has 0 aromatic heterocycles. The van der Waals surface area contributed by atoms with Gasteiger partial charge in [-0.1, -0.05) is 6.07 Å². The maximum Gasteiger partial charge on any atom is 0.411 e. The van der Waals surface area contributed by atoms with E-state index in [2.05, 4.69) is 15.4 Å². The average molecular weight is 286 g/mol. The van der Waals surface area contributed by atoms with E-state index in [1.165, 1.54) is 7.11 Å². The quantitative estimate of drug-likeness (QED) is 0.894. The van der Waals surface area contributed by atoms with Crippen molar-refractivity contribution in [2.75, 3.05) is 24.9 Å². The number of ether oxygens (including phenoxy) is 2. The van der Waals surface area contributed by atoms with Crippen LogP contribution in [-0.4, -0.2) is 20.3 Å². The van der Waals surface area contributed by atoms with Crippen molar-refractivity contribution in [1.29, 1.82) is 0 Å². The number of aryl methyl sites for hydroxylation is 1. The molecule has 21 heavy (non-hydrogen) atoms. The van der Waals surface area contributed by atoms with Gasteiger partial charge in [0.15, 0.2) is 0 Å². The molecule has 0 aliphatic rings. The molecule has 0 unspecified atom stereocenters. The molecule has 0 bridgehead atoms. The van der Waals surface area contributed by atoms with Crippen LogP contribution >= 0.6 is 0 Å². The van der Waals surface area contributed by atoms with Crippen molar-refractivity contribution in [3.63, 3.8) is 0 Å². The molecule has 2 N–H and O–H groups in total. The van der Waals surface area contributed by atoms with Crippen LogP contribution in [0.3, 0.4) is 0 Å². The van der Waals surface area contributed by atoms with E-state index in [1.807, 2.05) is 37.3 Å². The summed E-state index contributed by atoms with van der Waals surface area (Å²) >= 11 is 0. The lowest BCUT2D eigenvalue weighted by molar-refractivity contribution is 0.187. The fourth-order valence-corrected chi connectivity index (χ4v) is 1.88. The molecule has 2 rings (SSSR count). The molecule has 0 aliphatic heterocycles. The van der Waals surface area contributed by atoms with Crippen LogP contribution in [0.15, 0.2) is 42.5 Å². The number of nitrogens with one attached hydrogen (secondary N) is 2. The first-order valence-corrected chi connectivity index (χ1v) is 6.49. The van der Waals surface area contributed by atoms with Gasteiger partial charge >= 0.3 is 6.09 Å². The highest BCUT2D eigenvalue weighted by Crippen LogP contribution is 2.29. The lowest BCUT2D eigenvalue weighted by atomic mass is 10.2. The second-order valence-corrected chi connectivity index (χ2v) is 4.52. The number of methoxy groups -OCH3 is 2. The van der Waals surface area contributed by atoms with Crippen LogP contribution in [-0.2, 0) is 4.74 Å². The molecule has 0 atom stereocenters. The average Bonchev–Trinajstić information content (AvgIpc) is 2.49. The van der Waals surface area contributed by atoms with Gasteiger partial charge < -0.3 is 14.8 Å². The van der Waals surface area contributed by atoms with E-state index in [0.717, 1.165) is 22.7 Å². The highest BCUT2D eigenvalue weighted by molar-refractivity contribution is 5.84. The van der Waals surface area contributed by atoms with Crippen molar-refractivity contribution in [2.24, 2.45) is 0 Å². The summed E-state index contributed by atoms with van der Waals surface area (Å²) in [6.07, 6.45) is -0.490. The number of carbonyl (C=O) groups excluding carboxylic acids is 1. The SMILES string of the molecule is COC(=O)Nc1ccc(Nc2cc(C)ccc2OC)cc1. The largest absolute Gasteiger partial charge is 0.495 e. The fraction of sp³-hybridized carbons (Fsp3) is 0.188. The highest BCUT2D eigenvalue weighted by atomic mass is 16.5. The first-order valence-electron chi connectivity index (χ1n) is 6.49. The molecule has 1 amide bonds. The Balaban J connectivity index is 2.13. The standard InChI is InChI=1S/C16H18N2O3/c1-11-4-9-15(20-2)14(10-11)17-12-5-7-13(8-6-12)18-16(19)21-3/h4-10,17H,1-3H3,(H,18,19). The van der Waals surface area contributed by atoms with Gasteiger partial charge in [-0.2, -0.15) is 0 Å². The van der Waals surface area contributed by atoms with Crippen LogP contribution in [0.4, 0.5) is 21.9 Å². The molecule has 0 saturated carbocycles. The number of amides is 1. The predicted octanol–water partition coefficient (Wildman–Crippen LogP) is 3.93. The van der Waals surface area contributed by atoms with Crippen molar-refractivity contribution in [1.82, 2.24) is 0 Å². The van der Waals surface area contributed by atoms with Gasteiger partial charge in [0.1, 0.15) is 5.75 Å². The van der Waals surface area contributed by atoms with Gasteiger partial charge in [-0.3, -0.25) is 5.32 Å². The molecule has 0 radical (unpaired) electrons. The van der Waals surface area contributed by atoms with E-state index in [9.17, 15) is 4.79 Å². The summed E-state index contributed by atoms with van der Waals surface area (Å²) in [5.74, 6) is 0.775.